The SMILES string of the molecule is CC(C)[C@@H]1COCc2cc(F)cc([C@H](C(=O)O)N3CC[C@@H](OCCCCc4ccc5c(n4)NCCC5)C3)c2O1. The Kier molecular flexibility index (Phi) is 8.99. The van der Waals surface area contributed by atoms with Gasteiger partial charge in [-0.2, -0.15) is 0 Å². The largest absolute Gasteiger partial charge is 0.487 e. The van der Waals surface area contributed by atoms with Gasteiger partial charge < -0.3 is 24.6 Å². The van der Waals surface area contributed by atoms with E-state index in [2.05, 4.69) is 17.4 Å². The number of rotatable bonds is 10. The molecule has 0 spiro atoms. The Balaban J connectivity index is 1.17. The number of hydrogen-bond donors (Lipinski definition) is 2. The van der Waals surface area contributed by atoms with Crippen molar-refractivity contribution in [3.63, 3.8) is 0 Å². The number of unbranched alkanes of at least 4 members (excludes halogenated alkanes) is 1. The predicted molar refractivity (Wildman–Crippen MR) is 146 cm³/mol. The van der Waals surface area contributed by atoms with E-state index in [-0.39, 0.29) is 24.7 Å². The molecule has 2 aromatic rings. The summed E-state index contributed by atoms with van der Waals surface area (Å²) in [5, 5.41) is 13.6. The van der Waals surface area contributed by atoms with Crippen LogP contribution in [0.2, 0.25) is 0 Å². The number of likely N-dealkylation sites (tertiary alicyclic amines) is 1. The number of aliphatic carboxylic acids is 1. The monoisotopic (exact) mass is 541 g/mol. The summed E-state index contributed by atoms with van der Waals surface area (Å²) in [5.41, 5.74) is 3.30. The Hall–Kier alpha value is -2.75. The van der Waals surface area contributed by atoms with E-state index in [0.29, 0.717) is 43.2 Å². The lowest BCUT2D eigenvalue weighted by Gasteiger charge is -2.28. The lowest BCUT2D eigenvalue weighted by molar-refractivity contribution is -0.143. The van der Waals surface area contributed by atoms with Gasteiger partial charge in [0.25, 0.3) is 0 Å². The fraction of sp³-hybridized carbons (Fsp3) is 0.600. The van der Waals surface area contributed by atoms with Crippen LogP contribution < -0.4 is 10.1 Å². The topological polar surface area (TPSA) is 93.2 Å². The van der Waals surface area contributed by atoms with Crippen LogP contribution in [0.4, 0.5) is 10.2 Å². The van der Waals surface area contributed by atoms with Crippen LogP contribution in [0.1, 0.15) is 68.0 Å². The van der Waals surface area contributed by atoms with Crippen molar-refractivity contribution in [2.75, 3.05) is 38.2 Å². The quantitative estimate of drug-likeness (QED) is 0.417. The zero-order chi connectivity index (χ0) is 27.4. The molecular weight excluding hydrogens is 501 g/mol. The molecule has 0 bridgehead atoms. The summed E-state index contributed by atoms with van der Waals surface area (Å²) in [7, 11) is 0. The van der Waals surface area contributed by atoms with Crippen molar-refractivity contribution >= 4 is 11.8 Å². The molecule has 4 heterocycles. The van der Waals surface area contributed by atoms with Crippen LogP contribution in [0.3, 0.4) is 0 Å². The number of hydrogen-bond acceptors (Lipinski definition) is 7. The maximum Gasteiger partial charge on any atom is 0.325 e. The van der Waals surface area contributed by atoms with Crippen molar-refractivity contribution in [2.24, 2.45) is 5.92 Å². The number of benzene rings is 1. The van der Waals surface area contributed by atoms with E-state index in [9.17, 15) is 14.3 Å². The number of nitrogens with one attached hydrogen (secondary N) is 1. The maximum absolute atomic E-state index is 14.6. The van der Waals surface area contributed by atoms with Crippen LogP contribution in [-0.4, -0.2) is 66.0 Å². The van der Waals surface area contributed by atoms with Gasteiger partial charge in [-0.25, -0.2) is 9.37 Å². The molecule has 0 amide bonds. The number of fused-ring (bicyclic) bond motifs is 2. The fourth-order valence-corrected chi connectivity index (χ4v) is 5.70. The summed E-state index contributed by atoms with van der Waals surface area (Å²) in [5.74, 6) is 0.130. The zero-order valence-electron chi connectivity index (χ0n) is 23.0. The molecule has 5 rings (SSSR count). The molecule has 39 heavy (non-hydrogen) atoms. The van der Waals surface area contributed by atoms with Crippen LogP contribution in [0.15, 0.2) is 24.3 Å². The van der Waals surface area contributed by atoms with Crippen molar-refractivity contribution in [3.8, 4) is 5.75 Å². The van der Waals surface area contributed by atoms with Crippen LogP contribution >= 0.6 is 0 Å². The van der Waals surface area contributed by atoms with Gasteiger partial charge in [0.2, 0.25) is 0 Å². The molecule has 0 aliphatic carbocycles. The lowest BCUT2D eigenvalue weighted by atomic mass is 10.00. The number of aromatic nitrogens is 1. The van der Waals surface area contributed by atoms with E-state index in [1.807, 2.05) is 18.7 Å². The van der Waals surface area contributed by atoms with Crippen LogP contribution in [0.25, 0.3) is 0 Å². The van der Waals surface area contributed by atoms with E-state index < -0.39 is 17.8 Å². The van der Waals surface area contributed by atoms with Gasteiger partial charge in [0.1, 0.15) is 29.5 Å². The van der Waals surface area contributed by atoms with Gasteiger partial charge in [0.05, 0.1) is 19.3 Å². The molecule has 9 heteroatoms. The van der Waals surface area contributed by atoms with E-state index in [4.69, 9.17) is 19.2 Å². The van der Waals surface area contributed by atoms with Crippen LogP contribution in [0.5, 0.6) is 5.75 Å². The number of nitrogens with zero attached hydrogens (tertiary/aromatic N) is 2. The summed E-state index contributed by atoms with van der Waals surface area (Å²) in [6, 6.07) is 5.98. The Labute approximate surface area is 229 Å². The Morgan fingerprint density at radius 2 is 2.15 bits per heavy atom. The third-order valence-corrected chi connectivity index (χ3v) is 7.91. The number of aryl methyl sites for hydroxylation is 2. The third kappa shape index (κ3) is 6.70. The number of carboxylic acid groups (broad SMARTS) is 1. The average Bonchev–Trinajstić information content (AvgIpc) is 3.25. The number of anilines is 1. The second-order valence-corrected chi connectivity index (χ2v) is 11.2. The average molecular weight is 542 g/mol. The lowest BCUT2D eigenvalue weighted by Crippen LogP contribution is -2.35. The van der Waals surface area contributed by atoms with E-state index in [1.165, 1.54) is 17.7 Å². The van der Waals surface area contributed by atoms with E-state index >= 15 is 0 Å². The van der Waals surface area contributed by atoms with Crippen molar-refractivity contribution in [2.45, 2.75) is 77.2 Å². The molecule has 3 aliphatic rings. The van der Waals surface area contributed by atoms with E-state index in [1.54, 1.807) is 0 Å². The molecule has 8 nitrogen and oxygen atoms in total. The maximum atomic E-state index is 14.6. The number of pyridine rings is 1. The first-order valence-electron chi connectivity index (χ1n) is 14.3. The molecule has 0 saturated carbocycles. The standard InChI is InChI=1S/C30H40FN3O5/c1-19(2)26-18-37-17-21-14-22(31)15-25(28(21)39-26)27(30(35)36)34-12-10-24(16-34)38-13-4-3-7-23-9-8-20-6-5-11-32-29(20)33-23/h8-9,14-15,19,24,26-27H,3-7,10-13,16-18H2,1-2H3,(H,32,33)(H,35,36)/t24-,26+,27-/m1/s1. The first-order chi connectivity index (χ1) is 18.9. The molecule has 1 aromatic heterocycles. The second-order valence-electron chi connectivity index (χ2n) is 11.2. The molecular formula is C30H40FN3O5. The normalized spacial score (nSPS) is 21.9. The van der Waals surface area contributed by atoms with E-state index in [0.717, 1.165) is 56.6 Å². The van der Waals surface area contributed by atoms with Crippen LogP contribution in [0, 0.1) is 11.7 Å². The summed E-state index contributed by atoms with van der Waals surface area (Å²) in [6.07, 6.45) is 5.48. The van der Waals surface area contributed by atoms with Gasteiger partial charge in [-0.05, 0) is 68.2 Å². The van der Waals surface area contributed by atoms with Crippen molar-refractivity contribution in [1.29, 1.82) is 0 Å². The highest BCUT2D eigenvalue weighted by molar-refractivity contribution is 5.77. The van der Waals surface area contributed by atoms with Gasteiger partial charge in [-0.1, -0.05) is 19.9 Å². The number of carboxylic acids is 1. The van der Waals surface area contributed by atoms with Gasteiger partial charge in [-0.15, -0.1) is 0 Å². The van der Waals surface area contributed by atoms with Crippen molar-refractivity contribution in [3.05, 3.63) is 52.5 Å². The highest BCUT2D eigenvalue weighted by Gasteiger charge is 2.38. The smallest absolute Gasteiger partial charge is 0.325 e. The number of carbonyl (C=O) groups is 1. The molecule has 3 aliphatic heterocycles. The summed E-state index contributed by atoms with van der Waals surface area (Å²) in [4.78, 5) is 19.1. The number of ether oxygens (including phenoxy) is 3. The molecule has 212 valence electrons. The molecule has 3 atom stereocenters. The molecule has 2 N–H and O–H groups in total. The van der Waals surface area contributed by atoms with Gasteiger partial charge >= 0.3 is 5.97 Å². The van der Waals surface area contributed by atoms with Crippen molar-refractivity contribution < 1.29 is 28.5 Å². The first-order valence-corrected chi connectivity index (χ1v) is 14.3. The Bertz CT molecular complexity index is 1160. The fourth-order valence-electron chi connectivity index (χ4n) is 5.70. The van der Waals surface area contributed by atoms with Gasteiger partial charge in [-0.3, -0.25) is 9.69 Å². The zero-order valence-corrected chi connectivity index (χ0v) is 23.0. The Morgan fingerprint density at radius 3 is 2.97 bits per heavy atom. The van der Waals surface area contributed by atoms with Crippen molar-refractivity contribution in [1.82, 2.24) is 9.88 Å². The minimum Gasteiger partial charge on any atom is -0.487 e. The molecule has 1 saturated heterocycles. The van der Waals surface area contributed by atoms with Crippen LogP contribution in [-0.2, 0) is 33.7 Å². The molecule has 1 fully saturated rings. The first kappa shape index (κ1) is 27.8. The Morgan fingerprint density at radius 1 is 1.28 bits per heavy atom. The molecule has 0 unspecified atom stereocenters. The summed E-state index contributed by atoms with van der Waals surface area (Å²) in [6.45, 7) is 7.27. The predicted octanol–water partition coefficient (Wildman–Crippen LogP) is 4.75. The van der Waals surface area contributed by atoms with Gasteiger partial charge in [0, 0.05) is 43.1 Å². The minimum absolute atomic E-state index is 0.0576. The molecule has 0 radical (unpaired) electrons. The summed E-state index contributed by atoms with van der Waals surface area (Å²) >= 11 is 0. The minimum atomic E-state index is -1.02. The highest BCUT2D eigenvalue weighted by atomic mass is 19.1. The molecule has 1 aromatic carbocycles. The second kappa shape index (κ2) is 12.6. The number of halogens is 1. The van der Waals surface area contributed by atoms with Gasteiger partial charge in [0.15, 0.2) is 0 Å². The summed E-state index contributed by atoms with van der Waals surface area (Å²) < 4.78 is 32.7. The third-order valence-electron chi connectivity index (χ3n) is 7.91. The highest BCUT2D eigenvalue weighted by Crippen LogP contribution is 2.38.